The smallest absolute Gasteiger partial charge is 0.286 e. The van der Waals surface area contributed by atoms with E-state index in [1.807, 2.05) is 24.3 Å². The van der Waals surface area contributed by atoms with Crippen molar-refractivity contribution in [2.24, 2.45) is 7.05 Å². The van der Waals surface area contributed by atoms with Crippen LogP contribution in [-0.4, -0.2) is 31.9 Å². The lowest BCUT2D eigenvalue weighted by Crippen LogP contribution is -2.47. The van der Waals surface area contributed by atoms with E-state index in [4.69, 9.17) is 0 Å². The molecule has 0 bridgehead atoms. The van der Waals surface area contributed by atoms with Crippen molar-refractivity contribution in [2.45, 2.75) is 5.25 Å². The lowest BCUT2D eigenvalue weighted by Gasteiger charge is -2.23. The van der Waals surface area contributed by atoms with Crippen molar-refractivity contribution in [3.63, 3.8) is 0 Å². The van der Waals surface area contributed by atoms with Crippen molar-refractivity contribution in [2.75, 3.05) is 5.75 Å². The van der Waals surface area contributed by atoms with Gasteiger partial charge >= 0.3 is 0 Å². The molecule has 2 amide bonds. The molecule has 1 aliphatic rings. The molecule has 2 unspecified atom stereocenters. The number of fused-ring (bicyclic) bond motifs is 1. The van der Waals surface area contributed by atoms with E-state index in [0.717, 1.165) is 10.9 Å². The Hall–Kier alpha value is -1.86. The first-order chi connectivity index (χ1) is 9.08. The molecule has 3 rings (SSSR count). The maximum absolute atomic E-state index is 12.0. The van der Waals surface area contributed by atoms with Gasteiger partial charge in [0, 0.05) is 12.4 Å². The summed E-state index contributed by atoms with van der Waals surface area (Å²) in [6, 6.07) is 7.41. The van der Waals surface area contributed by atoms with Gasteiger partial charge in [-0.05, 0) is 17.2 Å². The quantitative estimate of drug-likeness (QED) is 0.588. The molecular formula is C12H11N3O3S. The maximum atomic E-state index is 12.0. The summed E-state index contributed by atoms with van der Waals surface area (Å²) in [4.78, 5) is 23.1. The van der Waals surface area contributed by atoms with Crippen molar-refractivity contribution in [1.29, 1.82) is 0 Å². The Morgan fingerprint density at radius 1 is 1.42 bits per heavy atom. The standard InChI is InChI=1S/C12H11N3O3S/c1-15-8-5-3-2-4-7(8)10(14-15)11-12(17)13-9(16)6-19(11)18/h2-5,11H,6H2,1H3,(H,13,16,17). The number of carbonyl (C=O) groups is 2. The summed E-state index contributed by atoms with van der Waals surface area (Å²) < 4.78 is 13.7. The highest BCUT2D eigenvalue weighted by Crippen LogP contribution is 2.30. The van der Waals surface area contributed by atoms with Crippen molar-refractivity contribution < 1.29 is 14.1 Å². The van der Waals surface area contributed by atoms with E-state index >= 15 is 0 Å². The summed E-state index contributed by atoms with van der Waals surface area (Å²) in [7, 11) is 1.76. The summed E-state index contributed by atoms with van der Waals surface area (Å²) in [6.45, 7) is 0. The van der Waals surface area contributed by atoms with Crippen LogP contribution in [0, 0.1) is 0 Å². The molecule has 0 spiro atoms. The zero-order chi connectivity index (χ0) is 13.6. The van der Waals surface area contributed by atoms with Crippen LogP contribution in [-0.2, 0) is 27.8 Å². The van der Waals surface area contributed by atoms with E-state index in [9.17, 15) is 14.1 Å². The molecule has 0 aliphatic carbocycles. The van der Waals surface area contributed by atoms with E-state index in [1.54, 1.807) is 11.7 Å². The number of amides is 2. The molecule has 98 valence electrons. The molecule has 2 atom stereocenters. The molecule has 1 aliphatic heterocycles. The molecule has 1 N–H and O–H groups in total. The number of para-hydroxylation sites is 1. The van der Waals surface area contributed by atoms with Crippen molar-refractivity contribution >= 4 is 33.9 Å². The van der Waals surface area contributed by atoms with Crippen LogP contribution >= 0.6 is 0 Å². The molecule has 7 heteroatoms. The SMILES string of the molecule is Cn1nc(C2C(=O)NC(=O)C[S+]2[O-])c2ccccc21. The van der Waals surface area contributed by atoms with Crippen LogP contribution in [0.5, 0.6) is 0 Å². The molecule has 1 fully saturated rings. The van der Waals surface area contributed by atoms with Gasteiger partial charge in [-0.15, -0.1) is 0 Å². The fourth-order valence-corrected chi connectivity index (χ4v) is 3.47. The molecular weight excluding hydrogens is 266 g/mol. The zero-order valence-electron chi connectivity index (χ0n) is 10.1. The van der Waals surface area contributed by atoms with Gasteiger partial charge in [-0.1, -0.05) is 18.2 Å². The number of aryl methyl sites for hydroxylation is 1. The molecule has 19 heavy (non-hydrogen) atoms. The third kappa shape index (κ3) is 1.91. The van der Waals surface area contributed by atoms with E-state index in [-0.39, 0.29) is 5.75 Å². The second-order valence-electron chi connectivity index (χ2n) is 4.34. The number of nitrogens with one attached hydrogen (secondary N) is 1. The Balaban J connectivity index is 2.14. The number of aromatic nitrogens is 2. The third-order valence-corrected chi connectivity index (χ3v) is 4.58. The summed E-state index contributed by atoms with van der Waals surface area (Å²) >= 11 is -1.57. The van der Waals surface area contributed by atoms with Gasteiger partial charge in [-0.25, -0.2) is 0 Å². The van der Waals surface area contributed by atoms with E-state index in [2.05, 4.69) is 10.4 Å². The van der Waals surface area contributed by atoms with Gasteiger partial charge in [0.1, 0.15) is 5.69 Å². The third-order valence-electron chi connectivity index (χ3n) is 3.07. The van der Waals surface area contributed by atoms with Crippen LogP contribution in [0.4, 0.5) is 0 Å². The zero-order valence-corrected chi connectivity index (χ0v) is 10.9. The molecule has 2 heterocycles. The predicted molar refractivity (Wildman–Crippen MR) is 69.6 cm³/mol. The van der Waals surface area contributed by atoms with Crippen molar-refractivity contribution in [3.8, 4) is 0 Å². The maximum Gasteiger partial charge on any atom is 0.286 e. The van der Waals surface area contributed by atoms with Gasteiger partial charge in [0.05, 0.1) is 5.52 Å². The Morgan fingerprint density at radius 3 is 2.89 bits per heavy atom. The highest BCUT2D eigenvalue weighted by molar-refractivity contribution is 7.93. The predicted octanol–water partition coefficient (Wildman–Crippen LogP) is 0.0195. The Bertz CT molecular complexity index is 682. The largest absolute Gasteiger partial charge is 0.615 e. The normalized spacial score (nSPS) is 23.7. The molecule has 0 radical (unpaired) electrons. The molecule has 0 saturated carbocycles. The summed E-state index contributed by atoms with van der Waals surface area (Å²) in [6.07, 6.45) is 0. The van der Waals surface area contributed by atoms with Crippen molar-refractivity contribution in [1.82, 2.24) is 15.1 Å². The van der Waals surface area contributed by atoms with Crippen LogP contribution < -0.4 is 5.32 Å². The Kier molecular flexibility index (Phi) is 2.79. The first-order valence-electron chi connectivity index (χ1n) is 5.70. The molecule has 1 aromatic heterocycles. The molecule has 2 aromatic rings. The number of rotatable bonds is 1. The van der Waals surface area contributed by atoms with Crippen LogP contribution in [0.3, 0.4) is 0 Å². The first-order valence-corrected chi connectivity index (χ1v) is 7.08. The molecule has 1 aromatic carbocycles. The number of carbonyl (C=O) groups excluding carboxylic acids is 2. The van der Waals surface area contributed by atoms with Crippen LogP contribution in [0.2, 0.25) is 0 Å². The second kappa shape index (κ2) is 4.36. The van der Waals surface area contributed by atoms with Gasteiger partial charge in [0.25, 0.3) is 11.8 Å². The second-order valence-corrected chi connectivity index (χ2v) is 5.87. The summed E-state index contributed by atoms with van der Waals surface area (Å²) in [5.41, 5.74) is 1.32. The lowest BCUT2D eigenvalue weighted by atomic mass is 10.1. The fraction of sp³-hybridized carbons (Fsp3) is 0.250. The number of benzene rings is 1. The first kappa shape index (κ1) is 12.2. The molecule has 6 nitrogen and oxygen atoms in total. The number of hydrogen-bond donors (Lipinski definition) is 1. The highest BCUT2D eigenvalue weighted by Gasteiger charge is 2.42. The van der Waals surface area contributed by atoms with Gasteiger partial charge in [-0.2, -0.15) is 5.10 Å². The monoisotopic (exact) mass is 277 g/mol. The minimum absolute atomic E-state index is 0.165. The minimum Gasteiger partial charge on any atom is -0.615 e. The van der Waals surface area contributed by atoms with E-state index in [0.29, 0.717) is 5.69 Å². The number of imide groups is 1. The summed E-state index contributed by atoms with van der Waals surface area (Å²) in [5, 5.41) is 6.40. The minimum atomic E-state index is -1.57. The van der Waals surface area contributed by atoms with Gasteiger partial charge in [0.2, 0.25) is 5.25 Å². The highest BCUT2D eigenvalue weighted by atomic mass is 32.2. The van der Waals surface area contributed by atoms with Crippen LogP contribution in [0.1, 0.15) is 10.9 Å². The van der Waals surface area contributed by atoms with Gasteiger partial charge in [0.15, 0.2) is 5.75 Å². The van der Waals surface area contributed by atoms with Gasteiger partial charge in [-0.3, -0.25) is 19.6 Å². The number of hydrogen-bond acceptors (Lipinski definition) is 4. The van der Waals surface area contributed by atoms with E-state index < -0.39 is 28.2 Å². The fourth-order valence-electron chi connectivity index (χ4n) is 2.26. The average molecular weight is 277 g/mol. The molecule has 1 saturated heterocycles. The van der Waals surface area contributed by atoms with Gasteiger partial charge < -0.3 is 4.55 Å². The van der Waals surface area contributed by atoms with Crippen LogP contribution in [0.25, 0.3) is 10.9 Å². The van der Waals surface area contributed by atoms with E-state index in [1.165, 1.54) is 0 Å². The topological polar surface area (TPSA) is 87.0 Å². The Morgan fingerprint density at radius 2 is 2.16 bits per heavy atom. The van der Waals surface area contributed by atoms with Crippen molar-refractivity contribution in [3.05, 3.63) is 30.0 Å². The lowest BCUT2D eigenvalue weighted by molar-refractivity contribution is -0.129. The Labute approximate surface area is 112 Å². The number of nitrogens with zero attached hydrogens (tertiary/aromatic N) is 2. The summed E-state index contributed by atoms with van der Waals surface area (Å²) in [5.74, 6) is -1.21. The van der Waals surface area contributed by atoms with Crippen LogP contribution in [0.15, 0.2) is 24.3 Å². The average Bonchev–Trinajstić information content (AvgIpc) is 2.67.